The lowest BCUT2D eigenvalue weighted by Crippen LogP contribution is -2.16. The van der Waals surface area contributed by atoms with E-state index >= 15 is 0 Å². The molecule has 1 aliphatic carbocycles. The van der Waals surface area contributed by atoms with Crippen molar-refractivity contribution in [2.75, 3.05) is 0 Å². The molecule has 1 aromatic carbocycles. The Kier molecular flexibility index (Phi) is 4.23. The summed E-state index contributed by atoms with van der Waals surface area (Å²) in [5.74, 6) is 0.898. The number of aryl methyl sites for hydroxylation is 1. The molecular formula is C17H25N. The zero-order chi connectivity index (χ0) is 13.1. The largest absolute Gasteiger partial charge is 0.326 e. The molecule has 0 bridgehead atoms. The van der Waals surface area contributed by atoms with Crippen molar-refractivity contribution in [1.82, 2.24) is 0 Å². The van der Waals surface area contributed by atoms with Gasteiger partial charge in [-0.15, -0.1) is 0 Å². The average molecular weight is 243 g/mol. The Bertz CT molecular complexity index is 441. The minimum Gasteiger partial charge on any atom is -0.326 e. The molecule has 1 heteroatoms. The first kappa shape index (κ1) is 13.4. The number of benzene rings is 1. The van der Waals surface area contributed by atoms with Crippen LogP contribution in [-0.4, -0.2) is 0 Å². The molecular weight excluding hydrogens is 218 g/mol. The number of hydrogen-bond acceptors (Lipinski definition) is 1. The summed E-state index contributed by atoms with van der Waals surface area (Å²) in [6, 6.07) is 4.62. The van der Waals surface area contributed by atoms with E-state index in [-0.39, 0.29) is 0 Å². The lowest BCUT2D eigenvalue weighted by atomic mass is 9.79. The van der Waals surface area contributed by atoms with Gasteiger partial charge in [-0.3, -0.25) is 0 Å². The van der Waals surface area contributed by atoms with Crippen LogP contribution in [0.1, 0.15) is 54.9 Å². The number of hydrogen-bond donors (Lipinski definition) is 1. The molecule has 1 aliphatic rings. The molecule has 2 rings (SSSR count). The standard InChI is InChI=1S/C17H25N/c1-4-12(2)17-10-16(11-18)15(8-13(17)3)9-14-6-5-7-14/h8,10,14H,2,4-7,9,11,18H2,1,3H3. The second kappa shape index (κ2) is 5.71. The molecule has 0 saturated heterocycles. The van der Waals surface area contributed by atoms with Crippen LogP contribution < -0.4 is 5.73 Å². The molecule has 1 saturated carbocycles. The lowest BCUT2D eigenvalue weighted by Gasteiger charge is -2.27. The first-order valence-corrected chi connectivity index (χ1v) is 7.16. The van der Waals surface area contributed by atoms with Gasteiger partial charge >= 0.3 is 0 Å². The third-order valence-corrected chi connectivity index (χ3v) is 4.31. The predicted molar refractivity (Wildman–Crippen MR) is 79.4 cm³/mol. The Hall–Kier alpha value is -1.08. The molecule has 0 radical (unpaired) electrons. The topological polar surface area (TPSA) is 26.0 Å². The van der Waals surface area contributed by atoms with Crippen molar-refractivity contribution in [1.29, 1.82) is 0 Å². The van der Waals surface area contributed by atoms with Crippen molar-refractivity contribution < 1.29 is 0 Å². The van der Waals surface area contributed by atoms with Crippen LogP contribution in [0.2, 0.25) is 0 Å². The molecule has 0 unspecified atom stereocenters. The van der Waals surface area contributed by atoms with Gasteiger partial charge in [0.2, 0.25) is 0 Å². The van der Waals surface area contributed by atoms with Crippen molar-refractivity contribution in [3.63, 3.8) is 0 Å². The highest BCUT2D eigenvalue weighted by atomic mass is 14.5. The van der Waals surface area contributed by atoms with Crippen LogP contribution in [0.25, 0.3) is 5.57 Å². The van der Waals surface area contributed by atoms with Crippen LogP contribution in [0.15, 0.2) is 18.7 Å². The molecule has 1 fully saturated rings. The Morgan fingerprint density at radius 1 is 1.33 bits per heavy atom. The fraction of sp³-hybridized carbons (Fsp3) is 0.529. The summed E-state index contributed by atoms with van der Waals surface area (Å²) in [5.41, 5.74) is 12.6. The lowest BCUT2D eigenvalue weighted by molar-refractivity contribution is 0.314. The third-order valence-electron chi connectivity index (χ3n) is 4.31. The van der Waals surface area contributed by atoms with E-state index in [0.717, 1.165) is 12.3 Å². The van der Waals surface area contributed by atoms with E-state index in [9.17, 15) is 0 Å². The third kappa shape index (κ3) is 2.67. The summed E-state index contributed by atoms with van der Waals surface area (Å²) in [4.78, 5) is 0. The van der Waals surface area contributed by atoms with E-state index < -0.39 is 0 Å². The SMILES string of the molecule is C=C(CC)c1cc(CN)c(CC2CCC2)cc1C. The van der Waals surface area contributed by atoms with Crippen LogP contribution in [0.3, 0.4) is 0 Å². The minimum atomic E-state index is 0.645. The molecule has 0 amide bonds. The van der Waals surface area contributed by atoms with Crippen molar-refractivity contribution in [3.05, 3.63) is 41.0 Å². The molecule has 0 heterocycles. The van der Waals surface area contributed by atoms with Crippen molar-refractivity contribution in [3.8, 4) is 0 Å². The summed E-state index contributed by atoms with van der Waals surface area (Å²) in [7, 11) is 0. The van der Waals surface area contributed by atoms with E-state index in [2.05, 4.69) is 32.6 Å². The van der Waals surface area contributed by atoms with Gasteiger partial charge in [0.1, 0.15) is 0 Å². The fourth-order valence-electron chi connectivity index (χ4n) is 2.77. The molecule has 98 valence electrons. The van der Waals surface area contributed by atoms with E-state index in [1.54, 1.807) is 0 Å². The highest BCUT2D eigenvalue weighted by molar-refractivity contribution is 5.67. The smallest absolute Gasteiger partial charge is 0.0181 e. The summed E-state index contributed by atoms with van der Waals surface area (Å²) in [6.45, 7) is 9.16. The number of allylic oxidation sites excluding steroid dienone is 1. The first-order chi connectivity index (χ1) is 8.65. The van der Waals surface area contributed by atoms with Gasteiger partial charge in [0.05, 0.1) is 0 Å². The summed E-state index contributed by atoms with van der Waals surface area (Å²) >= 11 is 0. The van der Waals surface area contributed by atoms with E-state index in [4.69, 9.17) is 5.73 Å². The summed E-state index contributed by atoms with van der Waals surface area (Å²) in [5, 5.41) is 0. The van der Waals surface area contributed by atoms with E-state index in [1.165, 1.54) is 53.5 Å². The zero-order valence-electron chi connectivity index (χ0n) is 11.8. The molecule has 0 aliphatic heterocycles. The highest BCUT2D eigenvalue weighted by Crippen LogP contribution is 2.32. The van der Waals surface area contributed by atoms with Gasteiger partial charge in [0, 0.05) is 6.54 Å². The van der Waals surface area contributed by atoms with Gasteiger partial charge in [-0.25, -0.2) is 0 Å². The molecule has 0 aromatic heterocycles. The Morgan fingerprint density at radius 2 is 2.06 bits per heavy atom. The maximum atomic E-state index is 5.92. The Balaban J connectivity index is 2.29. The van der Waals surface area contributed by atoms with Crippen molar-refractivity contribution in [2.24, 2.45) is 11.7 Å². The highest BCUT2D eigenvalue weighted by Gasteiger charge is 2.19. The van der Waals surface area contributed by atoms with Gasteiger partial charge in [-0.05, 0) is 59.6 Å². The maximum absolute atomic E-state index is 5.92. The monoisotopic (exact) mass is 243 g/mol. The fourth-order valence-corrected chi connectivity index (χ4v) is 2.77. The van der Waals surface area contributed by atoms with Crippen LogP contribution in [0.4, 0.5) is 0 Å². The quantitative estimate of drug-likeness (QED) is 0.823. The van der Waals surface area contributed by atoms with Gasteiger partial charge in [-0.2, -0.15) is 0 Å². The summed E-state index contributed by atoms with van der Waals surface area (Å²) in [6.07, 6.45) is 6.42. The molecule has 1 nitrogen and oxygen atoms in total. The maximum Gasteiger partial charge on any atom is 0.0181 e. The average Bonchev–Trinajstić information content (AvgIpc) is 2.33. The minimum absolute atomic E-state index is 0.645. The van der Waals surface area contributed by atoms with E-state index in [1.807, 2.05) is 0 Å². The van der Waals surface area contributed by atoms with Gasteiger partial charge < -0.3 is 5.73 Å². The summed E-state index contributed by atoms with van der Waals surface area (Å²) < 4.78 is 0. The van der Waals surface area contributed by atoms with E-state index in [0.29, 0.717) is 6.54 Å². The molecule has 18 heavy (non-hydrogen) atoms. The Morgan fingerprint density at radius 3 is 2.56 bits per heavy atom. The van der Waals surface area contributed by atoms with Crippen LogP contribution in [0.5, 0.6) is 0 Å². The van der Waals surface area contributed by atoms with Crippen LogP contribution in [-0.2, 0) is 13.0 Å². The second-order valence-corrected chi connectivity index (χ2v) is 5.60. The first-order valence-electron chi connectivity index (χ1n) is 7.16. The van der Waals surface area contributed by atoms with Crippen LogP contribution in [0, 0.1) is 12.8 Å². The number of nitrogens with two attached hydrogens (primary N) is 1. The van der Waals surface area contributed by atoms with Gasteiger partial charge in [0.15, 0.2) is 0 Å². The predicted octanol–water partition coefficient (Wildman–Crippen LogP) is 4.22. The Labute approximate surface area is 111 Å². The molecule has 0 spiro atoms. The molecule has 1 aromatic rings. The van der Waals surface area contributed by atoms with Crippen molar-refractivity contribution in [2.45, 2.75) is 52.5 Å². The second-order valence-electron chi connectivity index (χ2n) is 5.60. The zero-order valence-corrected chi connectivity index (χ0v) is 11.8. The molecule has 0 atom stereocenters. The normalized spacial score (nSPS) is 15.5. The molecule has 2 N–H and O–H groups in total. The van der Waals surface area contributed by atoms with Gasteiger partial charge in [0.25, 0.3) is 0 Å². The van der Waals surface area contributed by atoms with Crippen LogP contribution >= 0.6 is 0 Å². The van der Waals surface area contributed by atoms with Gasteiger partial charge in [-0.1, -0.05) is 38.8 Å². The van der Waals surface area contributed by atoms with Crippen molar-refractivity contribution >= 4 is 5.57 Å². The number of rotatable bonds is 5.